The number of rotatable bonds is 25. The molecule has 0 amide bonds. The number of aliphatic hydroxyl groups excluding tert-OH is 2. The van der Waals surface area contributed by atoms with Crippen LogP contribution in [0.3, 0.4) is 0 Å². The number of hydrogen-bond donors (Lipinski definition) is 3. The van der Waals surface area contributed by atoms with Gasteiger partial charge in [-0.1, -0.05) is 143 Å². The Hall–Kier alpha value is -2.62. The number of carbonyl (C=O) groups excluding carboxylic acids is 1. The van der Waals surface area contributed by atoms with Crippen LogP contribution in [0.2, 0.25) is 5.02 Å². The number of H-pyrrole nitrogens is 1. The van der Waals surface area contributed by atoms with Gasteiger partial charge in [0.15, 0.2) is 11.5 Å². The summed E-state index contributed by atoms with van der Waals surface area (Å²) in [6.45, 7) is 10.5. The van der Waals surface area contributed by atoms with Gasteiger partial charge in [0.05, 0.1) is 24.5 Å². The second-order valence-electron chi connectivity index (χ2n) is 14.8. The molecule has 2 heterocycles. The summed E-state index contributed by atoms with van der Waals surface area (Å²) in [6.07, 6.45) is 20.5. The summed E-state index contributed by atoms with van der Waals surface area (Å²) in [5.74, 6) is 0.801. The lowest BCUT2D eigenvalue weighted by molar-refractivity contribution is 0.00932. The van der Waals surface area contributed by atoms with E-state index in [1.165, 1.54) is 89.9 Å². The molecule has 0 bridgehead atoms. The zero-order valence-electron chi connectivity index (χ0n) is 30.9. The molecule has 0 aliphatic heterocycles. The summed E-state index contributed by atoms with van der Waals surface area (Å²) in [6, 6.07) is 5.28. The molecule has 3 rings (SSSR count). The van der Waals surface area contributed by atoms with Crippen LogP contribution in [0.15, 0.2) is 18.2 Å². The molecule has 0 saturated heterocycles. The van der Waals surface area contributed by atoms with Gasteiger partial charge in [0, 0.05) is 11.3 Å². The van der Waals surface area contributed by atoms with Crippen molar-refractivity contribution in [2.45, 2.75) is 161 Å². The maximum atomic E-state index is 12.8. The summed E-state index contributed by atoms with van der Waals surface area (Å²) in [4.78, 5) is 12.8. The molecule has 0 saturated carbocycles. The van der Waals surface area contributed by atoms with E-state index in [4.69, 9.17) is 26.2 Å². The molecule has 276 valence electrons. The highest BCUT2D eigenvalue weighted by Gasteiger charge is 2.26. The van der Waals surface area contributed by atoms with Crippen LogP contribution >= 0.6 is 11.6 Å². The van der Waals surface area contributed by atoms with Gasteiger partial charge < -0.3 is 19.7 Å². The predicted molar refractivity (Wildman–Crippen MR) is 198 cm³/mol. The second-order valence-corrected chi connectivity index (χ2v) is 15.2. The Morgan fingerprint density at radius 2 is 1.49 bits per heavy atom. The third kappa shape index (κ3) is 13.6. The molecule has 0 spiro atoms. The molecule has 0 radical (unpaired) electrons. The summed E-state index contributed by atoms with van der Waals surface area (Å²) in [7, 11) is 0. The molecule has 49 heavy (non-hydrogen) atoms. The van der Waals surface area contributed by atoms with Gasteiger partial charge in [-0.3, -0.25) is 5.10 Å². The van der Waals surface area contributed by atoms with Crippen LogP contribution in [0.4, 0.5) is 0 Å². The topological polar surface area (TPSA) is 122 Å². The number of unbranched alkanes of at least 4 members (excludes halogenated alkanes) is 15. The normalized spacial score (nSPS) is 13.2. The molecule has 3 N–H and O–H groups in total. The average molecular weight is 703 g/mol. The quantitative estimate of drug-likeness (QED) is 0.0594. The molecule has 2 aromatic heterocycles. The maximum Gasteiger partial charge on any atom is 0.338 e. The van der Waals surface area contributed by atoms with Gasteiger partial charge in [-0.05, 0) is 36.6 Å². The van der Waals surface area contributed by atoms with Crippen molar-refractivity contribution in [3.8, 4) is 5.75 Å². The molecule has 0 fully saturated rings. The fourth-order valence-electron chi connectivity index (χ4n) is 6.21. The first-order chi connectivity index (χ1) is 23.6. The van der Waals surface area contributed by atoms with Crippen molar-refractivity contribution in [2.24, 2.45) is 0 Å². The monoisotopic (exact) mass is 702 g/mol. The van der Waals surface area contributed by atoms with Crippen LogP contribution < -0.4 is 4.74 Å². The van der Waals surface area contributed by atoms with Crippen molar-refractivity contribution in [3.63, 3.8) is 0 Å². The standard InChI is InChI=1S/C39H63ClN4O5/c1-6-7-8-9-10-11-12-13-14-15-16-17-18-19-20-21-24-48-33-23-22-30(38(47)49-28-32(46)27-45)26-31(33)25-29(2)36-41-42-37-34(40)35(39(3,4)5)43-44(36)37/h22-23,26,29,32,43,45-46H,6-21,24-25,27-28H2,1-5H3. The van der Waals surface area contributed by atoms with E-state index in [9.17, 15) is 9.90 Å². The average Bonchev–Trinajstić information content (AvgIpc) is 3.65. The minimum Gasteiger partial charge on any atom is -0.493 e. The van der Waals surface area contributed by atoms with Crippen LogP contribution in [0, 0.1) is 0 Å². The number of nitrogens with one attached hydrogen (secondary N) is 1. The van der Waals surface area contributed by atoms with Gasteiger partial charge in [-0.25, -0.2) is 9.31 Å². The van der Waals surface area contributed by atoms with E-state index in [2.05, 4.69) is 49.9 Å². The van der Waals surface area contributed by atoms with Crippen LogP contribution in [-0.2, 0) is 16.6 Å². The smallest absolute Gasteiger partial charge is 0.338 e. The van der Waals surface area contributed by atoms with Gasteiger partial charge in [0.2, 0.25) is 0 Å². The number of carbonyl (C=O) groups is 1. The van der Waals surface area contributed by atoms with Crippen LogP contribution in [0.1, 0.15) is 171 Å². The molecule has 0 aliphatic carbocycles. The minimum atomic E-state index is -1.12. The number of nitrogens with zero attached hydrogens (tertiary/aromatic N) is 3. The molecule has 0 aliphatic rings. The van der Waals surface area contributed by atoms with Gasteiger partial charge in [0.1, 0.15) is 23.5 Å². The van der Waals surface area contributed by atoms with Crippen LogP contribution in [0.25, 0.3) is 5.65 Å². The summed E-state index contributed by atoms with van der Waals surface area (Å²) >= 11 is 6.67. The zero-order valence-corrected chi connectivity index (χ0v) is 31.6. The molecule has 10 heteroatoms. The Balaban J connectivity index is 1.49. The van der Waals surface area contributed by atoms with E-state index in [0.29, 0.717) is 29.3 Å². The Labute approximate surface area is 299 Å². The largest absolute Gasteiger partial charge is 0.493 e. The van der Waals surface area contributed by atoms with E-state index in [0.717, 1.165) is 35.7 Å². The molecular weight excluding hydrogens is 640 g/mol. The number of aromatic nitrogens is 4. The van der Waals surface area contributed by atoms with Gasteiger partial charge in [0.25, 0.3) is 0 Å². The second kappa shape index (κ2) is 21.6. The van der Waals surface area contributed by atoms with E-state index in [-0.39, 0.29) is 17.9 Å². The number of halogens is 1. The Morgan fingerprint density at radius 1 is 0.918 bits per heavy atom. The molecule has 1 aromatic carbocycles. The maximum absolute atomic E-state index is 12.8. The Kier molecular flexibility index (Phi) is 18.0. The summed E-state index contributed by atoms with van der Waals surface area (Å²) in [5.41, 5.74) is 2.50. The number of aromatic amines is 1. The summed E-state index contributed by atoms with van der Waals surface area (Å²) in [5, 5.41) is 31.5. The number of esters is 1. The number of aliphatic hydroxyl groups is 2. The molecule has 2 unspecified atom stereocenters. The van der Waals surface area contributed by atoms with Crippen molar-refractivity contribution in [3.05, 3.63) is 45.9 Å². The van der Waals surface area contributed by atoms with Crippen molar-refractivity contribution in [2.75, 3.05) is 19.8 Å². The summed E-state index contributed by atoms with van der Waals surface area (Å²) < 4.78 is 13.3. The van der Waals surface area contributed by atoms with E-state index in [1.807, 2.05) is 10.6 Å². The lowest BCUT2D eigenvalue weighted by atomic mass is 9.92. The van der Waals surface area contributed by atoms with Crippen molar-refractivity contribution < 1.29 is 24.5 Å². The number of benzene rings is 1. The number of fused-ring (bicyclic) bond motifs is 1. The first kappa shape index (κ1) is 40.8. The van der Waals surface area contributed by atoms with Crippen molar-refractivity contribution >= 4 is 23.2 Å². The lowest BCUT2D eigenvalue weighted by Crippen LogP contribution is -2.22. The molecular formula is C39H63ClN4O5. The highest BCUT2D eigenvalue weighted by Crippen LogP contribution is 2.33. The number of ether oxygens (including phenoxy) is 2. The third-order valence-corrected chi connectivity index (χ3v) is 9.57. The van der Waals surface area contributed by atoms with Crippen LogP contribution in [0.5, 0.6) is 5.75 Å². The van der Waals surface area contributed by atoms with Crippen molar-refractivity contribution in [1.29, 1.82) is 0 Å². The minimum absolute atomic E-state index is 0.0853. The molecule has 9 nitrogen and oxygen atoms in total. The van der Waals surface area contributed by atoms with Gasteiger partial charge in [-0.2, -0.15) is 0 Å². The van der Waals surface area contributed by atoms with Crippen molar-refractivity contribution in [1.82, 2.24) is 19.8 Å². The Bertz CT molecular complexity index is 1380. The first-order valence-corrected chi connectivity index (χ1v) is 19.3. The lowest BCUT2D eigenvalue weighted by Gasteiger charge is -2.17. The highest BCUT2D eigenvalue weighted by atomic mass is 35.5. The highest BCUT2D eigenvalue weighted by molar-refractivity contribution is 6.34. The zero-order chi connectivity index (χ0) is 35.6. The molecule has 3 aromatic rings. The van der Waals surface area contributed by atoms with E-state index in [1.54, 1.807) is 12.1 Å². The van der Waals surface area contributed by atoms with E-state index < -0.39 is 18.7 Å². The number of hydrogen-bond acceptors (Lipinski definition) is 7. The van der Waals surface area contributed by atoms with Gasteiger partial charge in [-0.15, -0.1) is 10.2 Å². The fraction of sp³-hybridized carbons (Fsp3) is 0.718. The molecule has 2 atom stereocenters. The first-order valence-electron chi connectivity index (χ1n) is 18.9. The third-order valence-electron chi connectivity index (χ3n) is 9.21. The predicted octanol–water partition coefficient (Wildman–Crippen LogP) is 9.50. The SMILES string of the molecule is CCCCCCCCCCCCCCCCCCOc1ccc(C(=O)OCC(O)CO)cc1CC(C)c1nnc2c(Cl)c(C(C)(C)C)[nH]n12. The van der Waals surface area contributed by atoms with Crippen LogP contribution in [-0.4, -0.2) is 61.9 Å². The fourth-order valence-corrected chi connectivity index (χ4v) is 6.65. The van der Waals surface area contributed by atoms with E-state index >= 15 is 0 Å². The van der Waals surface area contributed by atoms with Gasteiger partial charge >= 0.3 is 5.97 Å². The Morgan fingerprint density at radius 3 is 2.04 bits per heavy atom.